The van der Waals surface area contributed by atoms with Crippen LogP contribution < -0.4 is 0 Å². The fourth-order valence-corrected chi connectivity index (χ4v) is 2.88. The first-order valence-electron chi connectivity index (χ1n) is 6.27. The molecule has 0 fully saturated rings. The monoisotopic (exact) mass is 287 g/mol. The Morgan fingerprint density at radius 1 is 1.40 bits per heavy atom. The maximum absolute atomic E-state index is 11.9. The zero-order chi connectivity index (χ0) is 14.1. The van der Waals surface area contributed by atoms with Gasteiger partial charge in [-0.3, -0.25) is 0 Å². The van der Waals surface area contributed by atoms with Crippen molar-refractivity contribution >= 4 is 23.0 Å². The average molecular weight is 287 g/mol. The van der Waals surface area contributed by atoms with Crippen LogP contribution in [0, 0.1) is 6.92 Å². The highest BCUT2D eigenvalue weighted by Crippen LogP contribution is 2.28. The van der Waals surface area contributed by atoms with Crippen LogP contribution in [0.5, 0.6) is 0 Å². The van der Waals surface area contributed by atoms with E-state index < -0.39 is 5.97 Å². The third-order valence-electron chi connectivity index (χ3n) is 2.89. The van der Waals surface area contributed by atoms with E-state index in [0.717, 1.165) is 10.6 Å². The fraction of sp³-hybridized carbons (Fsp3) is 0.214. The SMILES string of the molecule is CCOC(=O)c1cnn2c(-c3ccc(C)s3)ccnc12. The number of thiophene rings is 1. The predicted molar refractivity (Wildman–Crippen MR) is 77.0 cm³/mol. The molecule has 3 aromatic heterocycles. The third kappa shape index (κ3) is 2.08. The summed E-state index contributed by atoms with van der Waals surface area (Å²) < 4.78 is 6.69. The number of aromatic nitrogens is 3. The van der Waals surface area contributed by atoms with Crippen LogP contribution in [-0.4, -0.2) is 27.2 Å². The number of carbonyl (C=O) groups is 1. The van der Waals surface area contributed by atoms with Crippen LogP contribution in [0.4, 0.5) is 0 Å². The van der Waals surface area contributed by atoms with Gasteiger partial charge in [0.25, 0.3) is 0 Å². The maximum Gasteiger partial charge on any atom is 0.343 e. The Labute approximate surface area is 119 Å². The molecule has 3 aromatic rings. The minimum Gasteiger partial charge on any atom is -0.462 e. The number of aryl methyl sites for hydroxylation is 1. The smallest absolute Gasteiger partial charge is 0.343 e. The van der Waals surface area contributed by atoms with Gasteiger partial charge < -0.3 is 4.74 Å². The molecule has 0 aromatic carbocycles. The quantitative estimate of drug-likeness (QED) is 0.695. The number of hydrogen-bond donors (Lipinski definition) is 0. The summed E-state index contributed by atoms with van der Waals surface area (Å²) in [6, 6.07) is 5.99. The third-order valence-corrected chi connectivity index (χ3v) is 3.91. The van der Waals surface area contributed by atoms with Crippen molar-refractivity contribution in [2.75, 3.05) is 6.61 Å². The molecule has 3 heterocycles. The number of ether oxygens (including phenoxy) is 1. The second-order valence-corrected chi connectivity index (χ2v) is 5.54. The predicted octanol–water partition coefficient (Wildman–Crippen LogP) is 2.94. The molecule has 20 heavy (non-hydrogen) atoms. The second kappa shape index (κ2) is 5.05. The first-order valence-corrected chi connectivity index (χ1v) is 7.09. The van der Waals surface area contributed by atoms with E-state index >= 15 is 0 Å². The number of nitrogens with zero attached hydrogens (tertiary/aromatic N) is 3. The Hall–Kier alpha value is -2.21. The zero-order valence-electron chi connectivity index (χ0n) is 11.2. The average Bonchev–Trinajstić information content (AvgIpc) is 3.04. The maximum atomic E-state index is 11.9. The van der Waals surface area contributed by atoms with Gasteiger partial charge in [-0.2, -0.15) is 5.10 Å². The van der Waals surface area contributed by atoms with Gasteiger partial charge in [-0.25, -0.2) is 14.3 Å². The van der Waals surface area contributed by atoms with E-state index in [1.54, 1.807) is 29.0 Å². The van der Waals surface area contributed by atoms with Gasteiger partial charge in [0, 0.05) is 11.1 Å². The van der Waals surface area contributed by atoms with Gasteiger partial charge in [-0.15, -0.1) is 11.3 Å². The Morgan fingerprint density at radius 2 is 2.25 bits per heavy atom. The highest BCUT2D eigenvalue weighted by atomic mass is 32.1. The van der Waals surface area contributed by atoms with Crippen LogP contribution >= 0.6 is 11.3 Å². The molecule has 3 rings (SSSR count). The highest BCUT2D eigenvalue weighted by molar-refractivity contribution is 7.15. The number of hydrogen-bond acceptors (Lipinski definition) is 5. The van der Waals surface area contributed by atoms with Gasteiger partial charge >= 0.3 is 5.97 Å². The molecule has 0 unspecified atom stereocenters. The number of carbonyl (C=O) groups excluding carboxylic acids is 1. The molecule has 0 radical (unpaired) electrons. The van der Waals surface area contributed by atoms with Crippen LogP contribution in [0.15, 0.2) is 30.6 Å². The van der Waals surface area contributed by atoms with E-state index in [2.05, 4.69) is 23.1 Å². The highest BCUT2D eigenvalue weighted by Gasteiger charge is 2.17. The van der Waals surface area contributed by atoms with Gasteiger partial charge in [0.2, 0.25) is 0 Å². The van der Waals surface area contributed by atoms with Gasteiger partial charge in [0.15, 0.2) is 5.65 Å². The lowest BCUT2D eigenvalue weighted by Crippen LogP contribution is -2.05. The molecule has 0 saturated carbocycles. The first kappa shape index (κ1) is 12.8. The lowest BCUT2D eigenvalue weighted by molar-refractivity contribution is 0.0528. The molecule has 0 aliphatic rings. The second-order valence-electron chi connectivity index (χ2n) is 4.25. The molecule has 5 nitrogen and oxygen atoms in total. The molecule has 0 aliphatic carbocycles. The Morgan fingerprint density at radius 3 is 2.95 bits per heavy atom. The van der Waals surface area contributed by atoms with E-state index in [4.69, 9.17) is 4.74 Å². The molecule has 6 heteroatoms. The molecule has 102 valence electrons. The van der Waals surface area contributed by atoms with E-state index in [0.29, 0.717) is 17.8 Å². The summed E-state index contributed by atoms with van der Waals surface area (Å²) in [6.07, 6.45) is 3.19. The van der Waals surface area contributed by atoms with Gasteiger partial charge in [0.05, 0.1) is 23.4 Å². The lowest BCUT2D eigenvalue weighted by Gasteiger charge is -2.02. The molecule has 0 aliphatic heterocycles. The van der Waals surface area contributed by atoms with Gasteiger partial charge in [-0.05, 0) is 32.0 Å². The standard InChI is InChI=1S/C14H13N3O2S/c1-3-19-14(18)10-8-16-17-11(6-7-15-13(10)17)12-5-4-9(2)20-12/h4-8H,3H2,1-2H3. The lowest BCUT2D eigenvalue weighted by atomic mass is 10.3. The van der Waals surface area contributed by atoms with Crippen LogP contribution in [0.3, 0.4) is 0 Å². The summed E-state index contributed by atoms with van der Waals surface area (Å²) in [5, 5.41) is 4.27. The van der Waals surface area contributed by atoms with Crippen LogP contribution in [0.1, 0.15) is 22.2 Å². The van der Waals surface area contributed by atoms with Gasteiger partial charge in [-0.1, -0.05) is 0 Å². The molecular weight excluding hydrogens is 274 g/mol. The van der Waals surface area contributed by atoms with Crippen molar-refractivity contribution in [1.29, 1.82) is 0 Å². The summed E-state index contributed by atoms with van der Waals surface area (Å²) in [4.78, 5) is 18.4. The van der Waals surface area contributed by atoms with Gasteiger partial charge in [0.1, 0.15) is 5.56 Å². The number of esters is 1. The molecule has 0 saturated heterocycles. The van der Waals surface area contributed by atoms with E-state index in [1.165, 1.54) is 11.1 Å². The molecule has 0 amide bonds. The van der Waals surface area contributed by atoms with Crippen molar-refractivity contribution in [3.63, 3.8) is 0 Å². The topological polar surface area (TPSA) is 56.5 Å². The van der Waals surface area contributed by atoms with Crippen molar-refractivity contribution in [2.24, 2.45) is 0 Å². The van der Waals surface area contributed by atoms with Crippen LogP contribution in [0.2, 0.25) is 0 Å². The molecule has 0 bridgehead atoms. The number of fused-ring (bicyclic) bond motifs is 1. The van der Waals surface area contributed by atoms with E-state index in [1.807, 2.05) is 12.1 Å². The Bertz CT molecular complexity index is 776. The van der Waals surface area contributed by atoms with Crippen molar-refractivity contribution in [2.45, 2.75) is 13.8 Å². The largest absolute Gasteiger partial charge is 0.462 e. The fourth-order valence-electron chi connectivity index (χ4n) is 2.00. The first-order chi connectivity index (χ1) is 9.70. The molecule has 0 atom stereocenters. The summed E-state index contributed by atoms with van der Waals surface area (Å²) in [5.41, 5.74) is 1.83. The van der Waals surface area contributed by atoms with Crippen LogP contribution in [-0.2, 0) is 4.74 Å². The van der Waals surface area contributed by atoms with E-state index in [-0.39, 0.29) is 0 Å². The minimum absolute atomic E-state index is 0.333. The van der Waals surface area contributed by atoms with Crippen molar-refractivity contribution in [3.8, 4) is 10.6 Å². The molecule has 0 N–H and O–H groups in total. The minimum atomic E-state index is -0.394. The zero-order valence-corrected chi connectivity index (χ0v) is 12.0. The number of rotatable bonds is 3. The summed E-state index contributed by atoms with van der Waals surface area (Å²) >= 11 is 1.68. The van der Waals surface area contributed by atoms with Crippen molar-refractivity contribution < 1.29 is 9.53 Å². The summed E-state index contributed by atoms with van der Waals surface area (Å²) in [5.74, 6) is -0.394. The van der Waals surface area contributed by atoms with Crippen molar-refractivity contribution in [3.05, 3.63) is 41.0 Å². The normalized spacial score (nSPS) is 10.9. The van der Waals surface area contributed by atoms with Crippen LogP contribution in [0.25, 0.3) is 16.2 Å². The molecular formula is C14H13N3O2S. The Kier molecular flexibility index (Phi) is 3.23. The summed E-state index contributed by atoms with van der Waals surface area (Å²) in [6.45, 7) is 4.16. The summed E-state index contributed by atoms with van der Waals surface area (Å²) in [7, 11) is 0. The molecule has 0 spiro atoms. The van der Waals surface area contributed by atoms with Crippen molar-refractivity contribution in [1.82, 2.24) is 14.6 Å². The van der Waals surface area contributed by atoms with E-state index in [9.17, 15) is 4.79 Å². The Balaban J connectivity index is 2.15.